The fourth-order valence-electron chi connectivity index (χ4n) is 1.91. The van der Waals surface area contributed by atoms with Gasteiger partial charge in [-0.3, -0.25) is 4.79 Å². The lowest BCUT2D eigenvalue weighted by atomic mass is 9.98. The van der Waals surface area contributed by atoms with Gasteiger partial charge in [0, 0.05) is 18.1 Å². The molecule has 0 saturated heterocycles. The van der Waals surface area contributed by atoms with Gasteiger partial charge in [-0.15, -0.1) is 0 Å². The van der Waals surface area contributed by atoms with Crippen LogP contribution in [0, 0.1) is 5.92 Å². The molecule has 0 saturated carbocycles. The highest BCUT2D eigenvalue weighted by atomic mass is 35.5. The first kappa shape index (κ1) is 16.0. The maximum Gasteiger partial charge on any atom is 0.240 e. The van der Waals surface area contributed by atoms with Gasteiger partial charge in [-0.2, -0.15) is 0 Å². The van der Waals surface area contributed by atoms with Gasteiger partial charge in [0.05, 0.1) is 6.04 Å². The first-order valence-electron chi connectivity index (χ1n) is 6.78. The van der Waals surface area contributed by atoms with Gasteiger partial charge in [0.15, 0.2) is 0 Å². The van der Waals surface area contributed by atoms with Crippen LogP contribution in [0.25, 0.3) is 0 Å². The Morgan fingerprint density at radius 1 is 1.42 bits per heavy atom. The van der Waals surface area contributed by atoms with Gasteiger partial charge >= 0.3 is 0 Å². The second-order valence-electron chi connectivity index (χ2n) is 4.89. The topological polar surface area (TPSA) is 46.3 Å². The zero-order valence-electron chi connectivity index (χ0n) is 11.9. The van der Waals surface area contributed by atoms with Crippen LogP contribution in [0.15, 0.2) is 24.3 Å². The van der Waals surface area contributed by atoms with E-state index in [1.807, 2.05) is 45.0 Å². The van der Waals surface area contributed by atoms with Gasteiger partial charge in [0.25, 0.3) is 0 Å². The van der Waals surface area contributed by atoms with Crippen molar-refractivity contribution in [2.24, 2.45) is 11.7 Å². The van der Waals surface area contributed by atoms with Gasteiger partial charge < -0.3 is 10.6 Å². The molecule has 3 nitrogen and oxygen atoms in total. The average molecular weight is 283 g/mol. The molecule has 1 aromatic rings. The summed E-state index contributed by atoms with van der Waals surface area (Å²) in [6.45, 7) is 7.22. The molecule has 1 amide bonds. The van der Waals surface area contributed by atoms with E-state index in [4.69, 9.17) is 17.3 Å². The number of likely N-dealkylation sites (N-methyl/N-ethyl adjacent to an activating group) is 1. The van der Waals surface area contributed by atoms with E-state index < -0.39 is 6.04 Å². The summed E-state index contributed by atoms with van der Waals surface area (Å²) in [7, 11) is 0. The van der Waals surface area contributed by atoms with Crippen LogP contribution in [0.3, 0.4) is 0 Å². The monoisotopic (exact) mass is 282 g/mol. The van der Waals surface area contributed by atoms with Crippen molar-refractivity contribution in [2.75, 3.05) is 6.54 Å². The molecular weight excluding hydrogens is 260 g/mol. The summed E-state index contributed by atoms with van der Waals surface area (Å²) in [5.41, 5.74) is 7.04. The molecule has 19 heavy (non-hydrogen) atoms. The lowest BCUT2D eigenvalue weighted by Gasteiger charge is -2.27. The lowest BCUT2D eigenvalue weighted by Crippen LogP contribution is -2.46. The number of nitrogens with two attached hydrogens (primary N) is 1. The van der Waals surface area contributed by atoms with Crippen molar-refractivity contribution in [3.63, 3.8) is 0 Å². The van der Waals surface area contributed by atoms with Crippen LogP contribution in [0.2, 0.25) is 5.02 Å². The van der Waals surface area contributed by atoms with Crippen LogP contribution in [-0.4, -0.2) is 23.4 Å². The predicted octanol–water partition coefficient (Wildman–Crippen LogP) is 3.06. The Bertz CT molecular complexity index is 422. The smallest absolute Gasteiger partial charge is 0.240 e. The molecule has 2 atom stereocenters. The Balaban J connectivity index is 2.75. The number of amides is 1. The largest absolute Gasteiger partial charge is 0.337 e. The molecule has 0 heterocycles. The van der Waals surface area contributed by atoms with E-state index in [1.165, 1.54) is 0 Å². The zero-order chi connectivity index (χ0) is 14.4. The second-order valence-corrected chi connectivity index (χ2v) is 5.33. The number of carbonyl (C=O) groups is 1. The standard InChI is InChI=1S/C15H23ClN2O/c1-4-11(3)14(17)15(19)18(5-2)10-12-7-6-8-13(16)9-12/h6-9,11,14H,4-5,10,17H2,1-3H3. The minimum Gasteiger partial charge on any atom is -0.337 e. The van der Waals surface area contributed by atoms with E-state index in [-0.39, 0.29) is 11.8 Å². The fraction of sp³-hybridized carbons (Fsp3) is 0.533. The highest BCUT2D eigenvalue weighted by Gasteiger charge is 2.24. The van der Waals surface area contributed by atoms with Crippen molar-refractivity contribution in [2.45, 2.75) is 39.8 Å². The molecule has 4 heteroatoms. The van der Waals surface area contributed by atoms with Crippen LogP contribution in [0.4, 0.5) is 0 Å². The summed E-state index contributed by atoms with van der Waals surface area (Å²) in [5.74, 6) is 0.206. The van der Waals surface area contributed by atoms with Crippen molar-refractivity contribution in [3.8, 4) is 0 Å². The number of nitrogens with zero attached hydrogens (tertiary/aromatic N) is 1. The van der Waals surface area contributed by atoms with Crippen LogP contribution >= 0.6 is 11.6 Å². The number of hydrogen-bond acceptors (Lipinski definition) is 2. The number of hydrogen-bond donors (Lipinski definition) is 1. The van der Waals surface area contributed by atoms with Gasteiger partial charge in [0.1, 0.15) is 0 Å². The molecule has 0 aliphatic rings. The van der Waals surface area contributed by atoms with Crippen molar-refractivity contribution < 1.29 is 4.79 Å². The van der Waals surface area contributed by atoms with Gasteiger partial charge in [0.2, 0.25) is 5.91 Å². The summed E-state index contributed by atoms with van der Waals surface area (Å²) in [6.07, 6.45) is 0.904. The van der Waals surface area contributed by atoms with E-state index in [0.29, 0.717) is 18.1 Å². The Morgan fingerprint density at radius 2 is 2.11 bits per heavy atom. The maximum absolute atomic E-state index is 12.3. The van der Waals surface area contributed by atoms with Crippen LogP contribution in [-0.2, 0) is 11.3 Å². The van der Waals surface area contributed by atoms with Crippen LogP contribution < -0.4 is 5.73 Å². The van der Waals surface area contributed by atoms with Crippen molar-refractivity contribution in [3.05, 3.63) is 34.9 Å². The molecule has 2 unspecified atom stereocenters. The molecule has 0 aliphatic heterocycles. The minimum absolute atomic E-state index is 0.0109. The third kappa shape index (κ3) is 4.51. The molecule has 0 fully saturated rings. The van der Waals surface area contributed by atoms with E-state index in [1.54, 1.807) is 4.90 Å². The van der Waals surface area contributed by atoms with E-state index in [9.17, 15) is 4.79 Å². The Kier molecular flexibility index (Phi) is 6.32. The van der Waals surface area contributed by atoms with E-state index in [2.05, 4.69) is 0 Å². The number of carbonyl (C=O) groups excluding carboxylic acids is 1. The van der Waals surface area contributed by atoms with Gasteiger partial charge in [-0.25, -0.2) is 0 Å². The molecule has 0 bridgehead atoms. The third-order valence-electron chi connectivity index (χ3n) is 3.50. The molecule has 1 rings (SSSR count). The number of rotatable bonds is 6. The Labute approximate surface area is 120 Å². The van der Waals surface area contributed by atoms with Gasteiger partial charge in [-0.05, 0) is 30.5 Å². The first-order valence-corrected chi connectivity index (χ1v) is 7.16. The van der Waals surface area contributed by atoms with Crippen molar-refractivity contribution >= 4 is 17.5 Å². The van der Waals surface area contributed by atoms with Crippen LogP contribution in [0.1, 0.15) is 32.8 Å². The zero-order valence-corrected chi connectivity index (χ0v) is 12.7. The summed E-state index contributed by atoms with van der Waals surface area (Å²) in [5, 5.41) is 0.687. The molecule has 1 aromatic carbocycles. The number of halogens is 1. The molecule has 0 aromatic heterocycles. The highest BCUT2D eigenvalue weighted by Crippen LogP contribution is 2.15. The van der Waals surface area contributed by atoms with Crippen molar-refractivity contribution in [1.29, 1.82) is 0 Å². The molecule has 0 aliphatic carbocycles. The minimum atomic E-state index is -0.427. The molecule has 0 radical (unpaired) electrons. The SMILES string of the molecule is CCC(C)C(N)C(=O)N(CC)Cc1cccc(Cl)c1. The average Bonchev–Trinajstić information content (AvgIpc) is 2.42. The summed E-state index contributed by atoms with van der Waals surface area (Å²) in [6, 6.07) is 7.14. The quantitative estimate of drug-likeness (QED) is 0.872. The highest BCUT2D eigenvalue weighted by molar-refractivity contribution is 6.30. The Hall–Kier alpha value is -1.06. The Morgan fingerprint density at radius 3 is 2.63 bits per heavy atom. The normalized spacial score (nSPS) is 13.9. The molecule has 106 valence electrons. The first-order chi connectivity index (χ1) is 8.99. The lowest BCUT2D eigenvalue weighted by molar-refractivity contribution is -0.134. The predicted molar refractivity (Wildman–Crippen MR) is 80.0 cm³/mol. The van der Waals surface area contributed by atoms with E-state index in [0.717, 1.165) is 12.0 Å². The molecular formula is C15H23ClN2O. The van der Waals surface area contributed by atoms with E-state index >= 15 is 0 Å². The summed E-state index contributed by atoms with van der Waals surface area (Å²) in [4.78, 5) is 14.1. The summed E-state index contributed by atoms with van der Waals surface area (Å²) >= 11 is 5.96. The molecule has 0 spiro atoms. The fourth-order valence-corrected chi connectivity index (χ4v) is 2.12. The second kappa shape index (κ2) is 7.51. The maximum atomic E-state index is 12.3. The van der Waals surface area contributed by atoms with Crippen molar-refractivity contribution in [1.82, 2.24) is 4.90 Å². The summed E-state index contributed by atoms with van der Waals surface area (Å²) < 4.78 is 0. The molecule has 2 N–H and O–H groups in total. The number of benzene rings is 1. The third-order valence-corrected chi connectivity index (χ3v) is 3.73. The van der Waals surface area contributed by atoms with Gasteiger partial charge in [-0.1, -0.05) is 44.0 Å². The van der Waals surface area contributed by atoms with Crippen LogP contribution in [0.5, 0.6) is 0 Å².